The summed E-state index contributed by atoms with van der Waals surface area (Å²) in [4.78, 5) is 0. The second-order valence-corrected chi connectivity index (χ2v) is 13.0. The van der Waals surface area contributed by atoms with E-state index in [1.54, 1.807) is 0 Å². The fourth-order valence-corrected chi connectivity index (χ4v) is 7.36. The topological polar surface area (TPSA) is 18.5 Å². The van der Waals surface area contributed by atoms with E-state index in [0.717, 1.165) is 44.9 Å². The van der Waals surface area contributed by atoms with E-state index in [2.05, 4.69) is 41.5 Å². The highest BCUT2D eigenvalue weighted by Crippen LogP contribution is 2.54. The first-order chi connectivity index (χ1) is 14.0. The molecule has 0 bridgehead atoms. The third-order valence-electron chi connectivity index (χ3n) is 8.56. The lowest BCUT2D eigenvalue weighted by Gasteiger charge is -2.33. The lowest BCUT2D eigenvalue weighted by Crippen LogP contribution is -2.33. The van der Waals surface area contributed by atoms with Gasteiger partial charge in [0.05, 0.1) is 24.4 Å². The Hall–Kier alpha value is -0.220. The van der Waals surface area contributed by atoms with Crippen molar-refractivity contribution in [3.05, 3.63) is 0 Å². The van der Waals surface area contributed by atoms with Gasteiger partial charge in [0.25, 0.3) is 0 Å². The van der Waals surface area contributed by atoms with E-state index in [0.29, 0.717) is 12.3 Å². The van der Waals surface area contributed by atoms with Crippen molar-refractivity contribution in [3.8, 4) is 0 Å². The quantitative estimate of drug-likeness (QED) is 0.476. The highest BCUT2D eigenvalue weighted by molar-refractivity contribution is 5.03. The molecule has 2 saturated heterocycles. The van der Waals surface area contributed by atoms with E-state index in [1.165, 1.54) is 0 Å². The molecule has 2 aliphatic heterocycles. The predicted molar refractivity (Wildman–Crippen MR) is 117 cm³/mol. The van der Waals surface area contributed by atoms with E-state index in [-0.39, 0.29) is 53.0 Å². The number of hydrogen-bond donors (Lipinski definition) is 0. The van der Waals surface area contributed by atoms with E-state index < -0.39 is 12.3 Å². The highest BCUT2D eigenvalue weighted by atomic mass is 19.1. The van der Waals surface area contributed by atoms with Crippen molar-refractivity contribution in [1.29, 1.82) is 0 Å². The molecule has 0 aromatic heterocycles. The lowest BCUT2D eigenvalue weighted by molar-refractivity contribution is -0.0218. The van der Waals surface area contributed by atoms with Gasteiger partial charge in [-0.05, 0) is 68.1 Å². The van der Waals surface area contributed by atoms with Crippen LogP contribution in [0.3, 0.4) is 0 Å². The fourth-order valence-electron chi connectivity index (χ4n) is 7.36. The normalized spacial score (nSPS) is 46.8. The van der Waals surface area contributed by atoms with Crippen LogP contribution < -0.4 is 0 Å². The molecule has 174 valence electrons. The lowest BCUT2D eigenvalue weighted by atomic mass is 9.75. The van der Waals surface area contributed by atoms with Crippen LogP contribution in [-0.4, -0.2) is 36.8 Å². The van der Waals surface area contributed by atoms with Crippen LogP contribution in [0.1, 0.15) is 92.9 Å². The minimum atomic E-state index is -0.844. The van der Waals surface area contributed by atoms with Crippen LogP contribution in [-0.2, 0) is 9.47 Å². The van der Waals surface area contributed by atoms with Crippen LogP contribution in [0, 0.1) is 34.5 Å². The van der Waals surface area contributed by atoms with Gasteiger partial charge in [-0.1, -0.05) is 47.5 Å². The molecule has 2 nitrogen and oxygen atoms in total. The molecule has 4 fully saturated rings. The molecule has 10 atom stereocenters. The summed E-state index contributed by atoms with van der Waals surface area (Å²) in [5.41, 5.74) is 0.0306. The summed E-state index contributed by atoms with van der Waals surface area (Å²) in [5, 5.41) is 0. The average molecular weight is 427 g/mol. The Kier molecular flexibility index (Phi) is 6.34. The van der Waals surface area contributed by atoms with Crippen LogP contribution in [0.25, 0.3) is 0 Å². The first-order valence-corrected chi connectivity index (χ1v) is 12.5. The Balaban J connectivity index is 1.38. The zero-order valence-corrected chi connectivity index (χ0v) is 20.0. The minimum absolute atomic E-state index is 0.0274. The number of fused-ring (bicyclic) bond motifs is 2. The van der Waals surface area contributed by atoms with E-state index in [1.807, 2.05) is 0 Å². The number of halogens is 2. The van der Waals surface area contributed by atoms with Crippen LogP contribution in [0.5, 0.6) is 0 Å². The van der Waals surface area contributed by atoms with Crippen LogP contribution in [0.4, 0.5) is 8.78 Å². The number of ether oxygens (including phenoxy) is 2. The largest absolute Gasteiger partial charge is 0.375 e. The zero-order chi connectivity index (χ0) is 21.8. The third-order valence-corrected chi connectivity index (χ3v) is 8.56. The van der Waals surface area contributed by atoms with Crippen molar-refractivity contribution in [1.82, 2.24) is 0 Å². The first kappa shape index (κ1) is 23.0. The van der Waals surface area contributed by atoms with Crippen molar-refractivity contribution in [2.75, 3.05) is 0 Å². The Labute approximate surface area is 182 Å². The molecule has 4 rings (SSSR count). The van der Waals surface area contributed by atoms with Crippen molar-refractivity contribution < 1.29 is 18.3 Å². The second-order valence-electron chi connectivity index (χ2n) is 13.0. The molecule has 0 aromatic rings. The van der Waals surface area contributed by atoms with Crippen molar-refractivity contribution in [2.24, 2.45) is 34.5 Å². The molecule has 2 aliphatic carbocycles. The summed E-state index contributed by atoms with van der Waals surface area (Å²) in [6.45, 7) is 13.1. The van der Waals surface area contributed by atoms with E-state index in [4.69, 9.17) is 9.47 Å². The summed E-state index contributed by atoms with van der Waals surface area (Å²) >= 11 is 0. The number of rotatable bonds is 5. The maximum atomic E-state index is 15.7. The van der Waals surface area contributed by atoms with Crippen molar-refractivity contribution in [2.45, 2.75) is 130 Å². The molecular weight excluding hydrogens is 382 g/mol. The minimum Gasteiger partial charge on any atom is -0.375 e. The summed E-state index contributed by atoms with van der Waals surface area (Å²) in [5.74, 6) is 0.508. The average Bonchev–Trinajstić information content (AvgIpc) is 3.21. The van der Waals surface area contributed by atoms with Crippen LogP contribution in [0.2, 0.25) is 0 Å². The summed E-state index contributed by atoms with van der Waals surface area (Å²) in [6.07, 6.45) is 5.95. The molecular formula is C26H44F2O2. The SMILES string of the molecule is CC1OC(CC(C)(C)C)C2C(F)C(CC(C)(C)CC3OC4CCCCC4C3F)CC12. The van der Waals surface area contributed by atoms with Gasteiger partial charge in [0.15, 0.2) is 0 Å². The van der Waals surface area contributed by atoms with Crippen molar-refractivity contribution >= 4 is 0 Å². The summed E-state index contributed by atoms with van der Waals surface area (Å²) in [6, 6.07) is 0. The molecule has 30 heavy (non-hydrogen) atoms. The van der Waals surface area contributed by atoms with Gasteiger partial charge in [-0.25, -0.2) is 8.78 Å². The molecule has 2 heterocycles. The molecule has 0 N–H and O–H groups in total. The number of hydrogen-bond acceptors (Lipinski definition) is 2. The van der Waals surface area contributed by atoms with Gasteiger partial charge in [-0.2, -0.15) is 0 Å². The monoisotopic (exact) mass is 426 g/mol. The standard InChI is InChI=1S/C26H44F2O2/c1-15-18-11-16(23(27)22(18)20(29-15)13-25(2,3)4)12-26(5,6)14-21-24(28)17-9-7-8-10-19(17)30-21/h15-24H,7-14H2,1-6H3. The molecule has 2 saturated carbocycles. The van der Waals surface area contributed by atoms with Gasteiger partial charge in [-0.3, -0.25) is 0 Å². The Morgan fingerprint density at radius 2 is 1.50 bits per heavy atom. The maximum absolute atomic E-state index is 15.7. The summed E-state index contributed by atoms with van der Waals surface area (Å²) < 4.78 is 43.2. The van der Waals surface area contributed by atoms with Crippen molar-refractivity contribution in [3.63, 3.8) is 0 Å². The first-order valence-electron chi connectivity index (χ1n) is 12.5. The van der Waals surface area contributed by atoms with Gasteiger partial charge in [0.1, 0.15) is 12.3 Å². The number of alkyl halides is 2. The second kappa shape index (κ2) is 8.28. The third kappa shape index (κ3) is 4.60. The smallest absolute Gasteiger partial charge is 0.131 e. The van der Waals surface area contributed by atoms with E-state index >= 15 is 8.78 Å². The van der Waals surface area contributed by atoms with Gasteiger partial charge in [0, 0.05) is 11.8 Å². The molecule has 0 aromatic carbocycles. The predicted octanol–water partition coefficient (Wildman–Crippen LogP) is 6.90. The Bertz CT molecular complexity index is 600. The summed E-state index contributed by atoms with van der Waals surface area (Å²) in [7, 11) is 0. The van der Waals surface area contributed by atoms with Gasteiger partial charge in [-0.15, -0.1) is 0 Å². The maximum Gasteiger partial charge on any atom is 0.131 e. The van der Waals surface area contributed by atoms with E-state index in [9.17, 15) is 0 Å². The Morgan fingerprint density at radius 3 is 2.17 bits per heavy atom. The van der Waals surface area contributed by atoms with Gasteiger partial charge < -0.3 is 9.47 Å². The Morgan fingerprint density at radius 1 is 0.800 bits per heavy atom. The molecule has 10 unspecified atom stereocenters. The molecule has 0 radical (unpaired) electrons. The van der Waals surface area contributed by atoms with Gasteiger partial charge in [0.2, 0.25) is 0 Å². The van der Waals surface area contributed by atoms with Crippen LogP contribution in [0.15, 0.2) is 0 Å². The van der Waals surface area contributed by atoms with Gasteiger partial charge >= 0.3 is 0 Å². The van der Waals surface area contributed by atoms with Crippen LogP contribution >= 0.6 is 0 Å². The molecule has 0 amide bonds. The molecule has 4 heteroatoms. The zero-order valence-electron chi connectivity index (χ0n) is 20.0. The fraction of sp³-hybridized carbons (Fsp3) is 1.00. The highest BCUT2D eigenvalue weighted by Gasteiger charge is 2.56. The molecule has 4 aliphatic rings. The molecule has 0 spiro atoms.